The molecular formula is C19H30N2O. The number of benzene rings is 1. The third kappa shape index (κ3) is 3.89. The van der Waals surface area contributed by atoms with Crippen molar-refractivity contribution in [2.75, 3.05) is 45.9 Å². The maximum absolute atomic E-state index is 5.49. The third-order valence-electron chi connectivity index (χ3n) is 5.41. The minimum atomic E-state index is 0.652. The number of likely N-dealkylation sites (tertiary alicyclic amines) is 1. The summed E-state index contributed by atoms with van der Waals surface area (Å²) in [7, 11) is 0. The second-order valence-electron chi connectivity index (χ2n) is 7.05. The summed E-state index contributed by atoms with van der Waals surface area (Å²) in [6, 6.07) is 11.7. The van der Waals surface area contributed by atoms with Crippen molar-refractivity contribution in [3.05, 3.63) is 35.9 Å². The van der Waals surface area contributed by atoms with E-state index in [-0.39, 0.29) is 0 Å². The fourth-order valence-electron chi connectivity index (χ4n) is 3.94. The molecule has 0 spiro atoms. The van der Waals surface area contributed by atoms with Gasteiger partial charge in [0.25, 0.3) is 0 Å². The number of nitrogens with zero attached hydrogens (tertiary/aromatic N) is 2. The third-order valence-corrected chi connectivity index (χ3v) is 5.41. The Balaban J connectivity index is 1.47. The van der Waals surface area contributed by atoms with Gasteiger partial charge in [0.05, 0.1) is 13.2 Å². The Labute approximate surface area is 135 Å². The van der Waals surface area contributed by atoms with E-state index in [0.29, 0.717) is 5.92 Å². The van der Waals surface area contributed by atoms with Crippen molar-refractivity contribution in [1.29, 1.82) is 0 Å². The van der Waals surface area contributed by atoms with E-state index in [1.165, 1.54) is 31.6 Å². The van der Waals surface area contributed by atoms with E-state index in [1.807, 2.05) is 0 Å². The van der Waals surface area contributed by atoms with Crippen LogP contribution in [0.25, 0.3) is 0 Å². The molecule has 3 atom stereocenters. The summed E-state index contributed by atoms with van der Waals surface area (Å²) in [6.45, 7) is 12.5. The molecule has 0 radical (unpaired) electrons. The molecule has 122 valence electrons. The molecule has 2 heterocycles. The van der Waals surface area contributed by atoms with Gasteiger partial charge in [0.1, 0.15) is 0 Å². The van der Waals surface area contributed by atoms with E-state index in [4.69, 9.17) is 4.74 Å². The van der Waals surface area contributed by atoms with Crippen molar-refractivity contribution >= 4 is 0 Å². The lowest BCUT2D eigenvalue weighted by Gasteiger charge is -2.34. The lowest BCUT2D eigenvalue weighted by atomic mass is 9.98. The molecule has 0 saturated carbocycles. The standard InChI is InChI=1S/C19H30N2O/c1-16(18-6-4-3-5-7-18)8-9-20-14-17(2)19(15-20)21-10-12-22-13-11-21/h3-7,16-17,19H,8-15H2,1-2H3/t16-,17-,19-/m1/s1. The summed E-state index contributed by atoms with van der Waals surface area (Å²) >= 11 is 0. The Morgan fingerprint density at radius 1 is 1.14 bits per heavy atom. The second-order valence-corrected chi connectivity index (χ2v) is 7.05. The summed E-state index contributed by atoms with van der Waals surface area (Å²) in [5.74, 6) is 1.43. The highest BCUT2D eigenvalue weighted by Gasteiger charge is 2.34. The lowest BCUT2D eigenvalue weighted by molar-refractivity contribution is 0.0118. The SMILES string of the molecule is C[C@H](CCN1C[C@@H](C)[C@H](N2CCOCC2)C1)c1ccccc1. The molecule has 0 aromatic heterocycles. The molecule has 0 unspecified atom stereocenters. The van der Waals surface area contributed by atoms with E-state index in [1.54, 1.807) is 0 Å². The minimum absolute atomic E-state index is 0.652. The van der Waals surface area contributed by atoms with Crippen LogP contribution >= 0.6 is 0 Å². The van der Waals surface area contributed by atoms with Gasteiger partial charge >= 0.3 is 0 Å². The van der Waals surface area contributed by atoms with Crippen molar-refractivity contribution in [2.45, 2.75) is 32.2 Å². The highest BCUT2D eigenvalue weighted by molar-refractivity contribution is 5.18. The number of rotatable bonds is 5. The van der Waals surface area contributed by atoms with Crippen LogP contribution in [0, 0.1) is 5.92 Å². The van der Waals surface area contributed by atoms with Crippen molar-refractivity contribution in [3.8, 4) is 0 Å². The Bertz CT molecular complexity index is 444. The molecule has 0 aliphatic carbocycles. The maximum Gasteiger partial charge on any atom is 0.0594 e. The van der Waals surface area contributed by atoms with E-state index in [0.717, 1.165) is 38.3 Å². The molecule has 2 aliphatic heterocycles. The number of hydrogen-bond acceptors (Lipinski definition) is 3. The average Bonchev–Trinajstić information content (AvgIpc) is 2.95. The van der Waals surface area contributed by atoms with Crippen molar-refractivity contribution in [1.82, 2.24) is 9.80 Å². The largest absolute Gasteiger partial charge is 0.379 e. The zero-order valence-electron chi connectivity index (χ0n) is 14.1. The van der Waals surface area contributed by atoms with E-state index >= 15 is 0 Å². The highest BCUT2D eigenvalue weighted by atomic mass is 16.5. The highest BCUT2D eigenvalue weighted by Crippen LogP contribution is 2.25. The van der Waals surface area contributed by atoms with Gasteiger partial charge in [0, 0.05) is 32.2 Å². The van der Waals surface area contributed by atoms with Crippen molar-refractivity contribution in [2.24, 2.45) is 5.92 Å². The van der Waals surface area contributed by atoms with E-state index in [2.05, 4.69) is 54.0 Å². The van der Waals surface area contributed by atoms with Crippen LogP contribution in [-0.4, -0.2) is 61.8 Å². The van der Waals surface area contributed by atoms with Gasteiger partial charge < -0.3 is 9.64 Å². The quantitative estimate of drug-likeness (QED) is 0.832. The van der Waals surface area contributed by atoms with Crippen LogP contribution in [0.5, 0.6) is 0 Å². The van der Waals surface area contributed by atoms with Gasteiger partial charge in [0.15, 0.2) is 0 Å². The normalized spacial score (nSPS) is 28.8. The molecule has 1 aromatic rings. The first-order valence-corrected chi connectivity index (χ1v) is 8.83. The van der Waals surface area contributed by atoms with Crippen LogP contribution in [0.4, 0.5) is 0 Å². The fourth-order valence-corrected chi connectivity index (χ4v) is 3.94. The van der Waals surface area contributed by atoms with Crippen LogP contribution in [0.1, 0.15) is 31.7 Å². The van der Waals surface area contributed by atoms with Gasteiger partial charge in [0.2, 0.25) is 0 Å². The summed E-state index contributed by atoms with van der Waals surface area (Å²) in [5, 5.41) is 0. The molecule has 0 bridgehead atoms. The Morgan fingerprint density at radius 3 is 2.59 bits per heavy atom. The number of morpholine rings is 1. The van der Waals surface area contributed by atoms with E-state index < -0.39 is 0 Å². The Morgan fingerprint density at radius 2 is 1.86 bits per heavy atom. The van der Waals surface area contributed by atoms with Gasteiger partial charge in [-0.15, -0.1) is 0 Å². The number of hydrogen-bond donors (Lipinski definition) is 0. The summed E-state index contributed by atoms with van der Waals surface area (Å²) < 4.78 is 5.49. The number of ether oxygens (including phenoxy) is 1. The predicted octanol–water partition coefficient (Wildman–Crippen LogP) is 2.83. The monoisotopic (exact) mass is 302 g/mol. The second kappa shape index (κ2) is 7.58. The van der Waals surface area contributed by atoms with Gasteiger partial charge in [-0.05, 0) is 30.4 Å². The minimum Gasteiger partial charge on any atom is -0.379 e. The Kier molecular flexibility index (Phi) is 5.51. The average molecular weight is 302 g/mol. The summed E-state index contributed by atoms with van der Waals surface area (Å²) in [5.41, 5.74) is 1.47. The van der Waals surface area contributed by atoms with Crippen LogP contribution in [-0.2, 0) is 4.74 Å². The smallest absolute Gasteiger partial charge is 0.0594 e. The Hall–Kier alpha value is -0.900. The zero-order chi connectivity index (χ0) is 15.4. The molecule has 3 nitrogen and oxygen atoms in total. The van der Waals surface area contributed by atoms with Gasteiger partial charge in [-0.3, -0.25) is 4.90 Å². The van der Waals surface area contributed by atoms with Crippen LogP contribution in [0.3, 0.4) is 0 Å². The predicted molar refractivity (Wildman–Crippen MR) is 91.3 cm³/mol. The van der Waals surface area contributed by atoms with Crippen molar-refractivity contribution in [3.63, 3.8) is 0 Å². The fraction of sp³-hybridized carbons (Fsp3) is 0.684. The molecule has 22 heavy (non-hydrogen) atoms. The molecular weight excluding hydrogens is 272 g/mol. The van der Waals surface area contributed by atoms with Gasteiger partial charge in [-0.1, -0.05) is 44.2 Å². The first kappa shape index (κ1) is 16.0. The van der Waals surface area contributed by atoms with Crippen LogP contribution < -0.4 is 0 Å². The lowest BCUT2D eigenvalue weighted by Crippen LogP contribution is -2.46. The van der Waals surface area contributed by atoms with E-state index in [9.17, 15) is 0 Å². The molecule has 2 saturated heterocycles. The maximum atomic E-state index is 5.49. The molecule has 2 aliphatic rings. The molecule has 0 N–H and O–H groups in total. The molecule has 0 amide bonds. The first-order chi connectivity index (χ1) is 10.7. The van der Waals surface area contributed by atoms with Gasteiger partial charge in [-0.2, -0.15) is 0 Å². The molecule has 2 fully saturated rings. The molecule has 3 heteroatoms. The van der Waals surface area contributed by atoms with Gasteiger partial charge in [-0.25, -0.2) is 0 Å². The molecule has 1 aromatic carbocycles. The first-order valence-electron chi connectivity index (χ1n) is 8.83. The van der Waals surface area contributed by atoms with Crippen LogP contribution in [0.2, 0.25) is 0 Å². The molecule has 3 rings (SSSR count). The zero-order valence-corrected chi connectivity index (χ0v) is 14.1. The summed E-state index contributed by atoms with van der Waals surface area (Å²) in [6.07, 6.45) is 1.26. The summed E-state index contributed by atoms with van der Waals surface area (Å²) in [4.78, 5) is 5.32. The van der Waals surface area contributed by atoms with Crippen LogP contribution in [0.15, 0.2) is 30.3 Å². The topological polar surface area (TPSA) is 15.7 Å². The van der Waals surface area contributed by atoms with Crippen molar-refractivity contribution < 1.29 is 4.74 Å².